The first-order chi connectivity index (χ1) is 9.52. The van der Waals surface area contributed by atoms with Crippen LogP contribution in [0.2, 0.25) is 0 Å². The van der Waals surface area contributed by atoms with Crippen LogP contribution in [0.5, 0.6) is 0 Å². The molecule has 1 aromatic carbocycles. The van der Waals surface area contributed by atoms with Crippen LogP contribution >= 0.6 is 0 Å². The zero-order valence-electron chi connectivity index (χ0n) is 9.95. The minimum atomic E-state index is -1.65. The van der Waals surface area contributed by atoms with E-state index in [2.05, 4.69) is 15.7 Å². The Balaban J connectivity index is 2.21. The molecule has 0 aliphatic heterocycles. The summed E-state index contributed by atoms with van der Waals surface area (Å²) < 4.78 is 39.1. The maximum Gasteiger partial charge on any atom is 0.274 e. The minimum Gasteiger partial charge on any atom is -0.323 e. The van der Waals surface area contributed by atoms with E-state index in [-0.39, 0.29) is 5.69 Å². The molecule has 1 amide bonds. The topological polar surface area (TPSA) is 80.0 Å². The van der Waals surface area contributed by atoms with Gasteiger partial charge in [0.25, 0.3) is 5.91 Å². The zero-order valence-corrected chi connectivity index (χ0v) is 9.95. The number of nitrogens with one attached hydrogen (secondary N) is 2. The Morgan fingerprint density at radius 2 is 1.85 bits per heavy atom. The molecule has 2 rings (SSSR count). The summed E-state index contributed by atoms with van der Waals surface area (Å²) in [7, 11) is 0. The molecule has 0 bridgehead atoms. The number of pyridine rings is 1. The predicted molar refractivity (Wildman–Crippen MR) is 66.3 cm³/mol. The predicted octanol–water partition coefficient (Wildman–Crippen LogP) is 2.04. The van der Waals surface area contributed by atoms with Gasteiger partial charge in [-0.1, -0.05) is 0 Å². The normalized spacial score (nSPS) is 10.2. The second kappa shape index (κ2) is 5.57. The number of nitrogens with two attached hydrogens (primary N) is 1. The van der Waals surface area contributed by atoms with Gasteiger partial charge in [-0.2, -0.15) is 0 Å². The highest BCUT2D eigenvalue weighted by Crippen LogP contribution is 2.20. The van der Waals surface area contributed by atoms with Gasteiger partial charge in [0, 0.05) is 0 Å². The summed E-state index contributed by atoms with van der Waals surface area (Å²) in [5, 5.41) is 2.10. The molecule has 0 unspecified atom stereocenters. The largest absolute Gasteiger partial charge is 0.323 e. The SMILES string of the molecule is NNc1ccc(C(=O)Nc2ccc(F)c(F)c2F)nc1. The van der Waals surface area contributed by atoms with E-state index in [9.17, 15) is 18.0 Å². The van der Waals surface area contributed by atoms with Crippen LogP contribution in [-0.2, 0) is 0 Å². The van der Waals surface area contributed by atoms with Crippen molar-refractivity contribution in [1.29, 1.82) is 0 Å². The lowest BCUT2D eigenvalue weighted by Crippen LogP contribution is -2.16. The van der Waals surface area contributed by atoms with Crippen LogP contribution in [0.4, 0.5) is 24.5 Å². The molecule has 0 saturated carbocycles. The summed E-state index contributed by atoms with van der Waals surface area (Å²) in [5.41, 5.74) is 2.28. The van der Waals surface area contributed by atoms with Crippen LogP contribution in [0.25, 0.3) is 0 Å². The highest BCUT2D eigenvalue weighted by Gasteiger charge is 2.16. The summed E-state index contributed by atoms with van der Waals surface area (Å²) in [4.78, 5) is 15.5. The lowest BCUT2D eigenvalue weighted by Gasteiger charge is -2.07. The number of hydrazine groups is 1. The molecule has 20 heavy (non-hydrogen) atoms. The standard InChI is InChI=1S/C12H9F3N4O/c13-7-2-4-8(11(15)10(7)14)18-12(20)9-3-1-6(19-16)5-17-9/h1-5,19H,16H2,(H,18,20). The molecule has 0 radical (unpaired) electrons. The Hall–Kier alpha value is -2.61. The molecular formula is C12H9F3N4O. The summed E-state index contributed by atoms with van der Waals surface area (Å²) in [6, 6.07) is 4.44. The van der Waals surface area contributed by atoms with Crippen molar-refractivity contribution in [3.05, 3.63) is 53.6 Å². The van der Waals surface area contributed by atoms with Crippen molar-refractivity contribution in [2.24, 2.45) is 5.84 Å². The van der Waals surface area contributed by atoms with E-state index in [0.29, 0.717) is 11.8 Å². The Labute approximate surface area is 111 Å². The Bertz CT molecular complexity index is 646. The van der Waals surface area contributed by atoms with Gasteiger partial charge in [0.1, 0.15) is 5.69 Å². The van der Waals surface area contributed by atoms with Crippen LogP contribution in [0.1, 0.15) is 10.5 Å². The Kier molecular flexibility index (Phi) is 3.85. The molecule has 8 heteroatoms. The number of hydrogen-bond donors (Lipinski definition) is 3. The number of rotatable bonds is 3. The van der Waals surface area contributed by atoms with Crippen LogP contribution in [0, 0.1) is 17.5 Å². The third-order valence-electron chi connectivity index (χ3n) is 2.45. The first-order valence-electron chi connectivity index (χ1n) is 5.40. The highest BCUT2D eigenvalue weighted by molar-refractivity contribution is 6.03. The smallest absolute Gasteiger partial charge is 0.274 e. The van der Waals surface area contributed by atoms with Gasteiger partial charge in [0.05, 0.1) is 17.6 Å². The molecule has 0 aliphatic rings. The van der Waals surface area contributed by atoms with Crippen molar-refractivity contribution in [3.63, 3.8) is 0 Å². The fourth-order valence-corrected chi connectivity index (χ4v) is 1.42. The van der Waals surface area contributed by atoms with E-state index in [4.69, 9.17) is 5.84 Å². The van der Waals surface area contributed by atoms with Crippen LogP contribution in [0.3, 0.4) is 0 Å². The molecule has 0 aliphatic carbocycles. The number of benzene rings is 1. The van der Waals surface area contributed by atoms with Crippen molar-refractivity contribution < 1.29 is 18.0 Å². The van der Waals surface area contributed by atoms with Gasteiger partial charge in [-0.25, -0.2) is 18.2 Å². The fourth-order valence-electron chi connectivity index (χ4n) is 1.42. The number of aromatic nitrogens is 1. The van der Waals surface area contributed by atoms with Crippen molar-refractivity contribution >= 4 is 17.3 Å². The second-order valence-electron chi connectivity index (χ2n) is 3.75. The minimum absolute atomic E-state index is 0.0341. The fraction of sp³-hybridized carbons (Fsp3) is 0. The van der Waals surface area contributed by atoms with Crippen molar-refractivity contribution in [1.82, 2.24) is 4.98 Å². The Morgan fingerprint density at radius 3 is 2.45 bits per heavy atom. The quantitative estimate of drug-likeness (QED) is 0.457. The number of halogens is 3. The average molecular weight is 282 g/mol. The number of nitrogens with zero attached hydrogens (tertiary/aromatic N) is 1. The molecule has 1 heterocycles. The maximum atomic E-state index is 13.4. The van der Waals surface area contributed by atoms with Crippen LogP contribution in [0.15, 0.2) is 30.5 Å². The van der Waals surface area contributed by atoms with Gasteiger partial charge >= 0.3 is 0 Å². The van der Waals surface area contributed by atoms with Gasteiger partial charge in [-0.05, 0) is 24.3 Å². The summed E-state index contributed by atoms with van der Waals surface area (Å²) >= 11 is 0. The number of hydrogen-bond acceptors (Lipinski definition) is 4. The molecule has 2 aromatic rings. The molecular weight excluding hydrogens is 273 g/mol. The molecule has 4 N–H and O–H groups in total. The maximum absolute atomic E-state index is 13.4. The second-order valence-corrected chi connectivity index (χ2v) is 3.75. The van der Waals surface area contributed by atoms with E-state index < -0.39 is 29.0 Å². The van der Waals surface area contributed by atoms with E-state index >= 15 is 0 Å². The van der Waals surface area contributed by atoms with E-state index in [1.54, 1.807) is 0 Å². The van der Waals surface area contributed by atoms with Crippen molar-refractivity contribution in [2.45, 2.75) is 0 Å². The van der Waals surface area contributed by atoms with Gasteiger partial charge in [0.15, 0.2) is 17.5 Å². The third kappa shape index (κ3) is 2.69. The number of amides is 1. The molecule has 0 saturated heterocycles. The van der Waals surface area contributed by atoms with E-state index in [1.165, 1.54) is 18.3 Å². The molecule has 104 valence electrons. The molecule has 0 fully saturated rings. The van der Waals surface area contributed by atoms with E-state index in [0.717, 1.165) is 6.07 Å². The van der Waals surface area contributed by atoms with Crippen LogP contribution in [-0.4, -0.2) is 10.9 Å². The number of anilines is 2. The number of carbonyl (C=O) groups is 1. The van der Waals surface area contributed by atoms with Crippen LogP contribution < -0.4 is 16.6 Å². The molecule has 0 atom stereocenters. The number of carbonyl (C=O) groups excluding carboxylic acids is 1. The summed E-state index contributed by atoms with van der Waals surface area (Å²) in [6.45, 7) is 0. The van der Waals surface area contributed by atoms with Gasteiger partial charge in [-0.15, -0.1) is 0 Å². The molecule has 0 spiro atoms. The van der Waals surface area contributed by atoms with E-state index in [1.807, 2.05) is 0 Å². The average Bonchev–Trinajstić information content (AvgIpc) is 2.48. The first kappa shape index (κ1) is 13.8. The number of nitrogen functional groups attached to an aromatic ring is 1. The first-order valence-corrected chi connectivity index (χ1v) is 5.40. The summed E-state index contributed by atoms with van der Waals surface area (Å²) in [6.07, 6.45) is 1.29. The molecule has 5 nitrogen and oxygen atoms in total. The van der Waals surface area contributed by atoms with Crippen molar-refractivity contribution in [3.8, 4) is 0 Å². The third-order valence-corrected chi connectivity index (χ3v) is 2.45. The molecule has 1 aromatic heterocycles. The van der Waals surface area contributed by atoms with Crippen molar-refractivity contribution in [2.75, 3.05) is 10.7 Å². The summed E-state index contributed by atoms with van der Waals surface area (Å²) in [5.74, 6) is -0.0962. The highest BCUT2D eigenvalue weighted by atomic mass is 19.2. The monoisotopic (exact) mass is 282 g/mol. The van der Waals surface area contributed by atoms with Gasteiger partial charge < -0.3 is 10.7 Å². The van der Waals surface area contributed by atoms with Gasteiger partial charge in [0.2, 0.25) is 0 Å². The lowest BCUT2D eigenvalue weighted by atomic mass is 10.2. The zero-order chi connectivity index (χ0) is 14.7. The lowest BCUT2D eigenvalue weighted by molar-refractivity contribution is 0.102. The van der Waals surface area contributed by atoms with Gasteiger partial charge in [-0.3, -0.25) is 10.6 Å². The Morgan fingerprint density at radius 1 is 1.10 bits per heavy atom.